The van der Waals surface area contributed by atoms with E-state index >= 15 is 0 Å². The molecule has 0 amide bonds. The molecule has 8 heteroatoms. The summed E-state index contributed by atoms with van der Waals surface area (Å²) in [6.07, 6.45) is -3.51. The lowest BCUT2D eigenvalue weighted by atomic mass is 9.94. The van der Waals surface area contributed by atoms with E-state index in [0.29, 0.717) is 23.7 Å². The number of ether oxygens (including phenoxy) is 1. The van der Waals surface area contributed by atoms with Gasteiger partial charge in [0, 0.05) is 18.3 Å². The van der Waals surface area contributed by atoms with Crippen LogP contribution in [0, 0.1) is 5.92 Å². The van der Waals surface area contributed by atoms with Gasteiger partial charge in [-0.05, 0) is 43.5 Å². The molecule has 0 N–H and O–H groups in total. The Morgan fingerprint density at radius 1 is 1.14 bits per heavy atom. The molecule has 1 aliphatic heterocycles. The lowest BCUT2D eigenvalue weighted by molar-refractivity contribution is 0.0114. The third-order valence-electron chi connectivity index (χ3n) is 4.68. The molecule has 1 atom stereocenters. The van der Waals surface area contributed by atoms with E-state index < -0.39 is 24.1 Å². The number of anilines is 1. The smallest absolute Gasteiger partial charge is 0.282 e. The SMILES string of the molecule is CC(C)CC1(C)CN(c2ccc(-c3ccnc(C(F)F)c3)nc2C(F)F)CO1. The molecule has 1 aliphatic rings. The van der Waals surface area contributed by atoms with Crippen LogP contribution in [0.15, 0.2) is 30.5 Å². The van der Waals surface area contributed by atoms with Crippen LogP contribution in [0.1, 0.15) is 51.4 Å². The Morgan fingerprint density at radius 2 is 1.89 bits per heavy atom. The Labute approximate surface area is 161 Å². The van der Waals surface area contributed by atoms with Gasteiger partial charge in [0.05, 0.1) is 17.0 Å². The van der Waals surface area contributed by atoms with Crippen LogP contribution in [-0.2, 0) is 4.74 Å². The maximum atomic E-state index is 13.7. The van der Waals surface area contributed by atoms with Gasteiger partial charge in [-0.2, -0.15) is 0 Å². The van der Waals surface area contributed by atoms with Crippen molar-refractivity contribution in [1.29, 1.82) is 0 Å². The summed E-state index contributed by atoms with van der Waals surface area (Å²) >= 11 is 0. The third kappa shape index (κ3) is 4.43. The molecular formula is C20H23F4N3O. The molecule has 3 rings (SSSR count). The van der Waals surface area contributed by atoms with E-state index in [4.69, 9.17) is 4.74 Å². The summed E-state index contributed by atoms with van der Waals surface area (Å²) in [7, 11) is 0. The van der Waals surface area contributed by atoms with Crippen LogP contribution < -0.4 is 4.90 Å². The molecule has 0 aromatic carbocycles. The summed E-state index contributed by atoms with van der Waals surface area (Å²) in [6, 6.07) is 5.75. The van der Waals surface area contributed by atoms with E-state index in [1.54, 1.807) is 17.0 Å². The molecule has 1 unspecified atom stereocenters. The number of hydrogen-bond acceptors (Lipinski definition) is 4. The molecule has 3 heterocycles. The molecule has 0 radical (unpaired) electrons. The van der Waals surface area contributed by atoms with Gasteiger partial charge in [-0.1, -0.05) is 13.8 Å². The lowest BCUT2D eigenvalue weighted by Gasteiger charge is -2.25. The second kappa shape index (κ2) is 8.03. The highest BCUT2D eigenvalue weighted by Crippen LogP contribution is 2.36. The summed E-state index contributed by atoms with van der Waals surface area (Å²) in [5, 5.41) is 0. The molecule has 2 aromatic rings. The molecule has 0 aliphatic carbocycles. The van der Waals surface area contributed by atoms with E-state index in [2.05, 4.69) is 23.8 Å². The van der Waals surface area contributed by atoms with Crippen molar-refractivity contribution >= 4 is 5.69 Å². The largest absolute Gasteiger partial charge is 0.353 e. The highest BCUT2D eigenvalue weighted by Gasteiger charge is 2.37. The zero-order valence-corrected chi connectivity index (χ0v) is 16.0. The zero-order chi connectivity index (χ0) is 20.5. The summed E-state index contributed by atoms with van der Waals surface area (Å²) in [6.45, 7) is 6.83. The average molecular weight is 397 g/mol. The Morgan fingerprint density at radius 3 is 2.54 bits per heavy atom. The van der Waals surface area contributed by atoms with Crippen LogP contribution in [0.4, 0.5) is 23.2 Å². The zero-order valence-electron chi connectivity index (χ0n) is 16.0. The first kappa shape index (κ1) is 20.5. The van der Waals surface area contributed by atoms with Crippen LogP contribution in [0.2, 0.25) is 0 Å². The van der Waals surface area contributed by atoms with Crippen LogP contribution >= 0.6 is 0 Å². The Bertz CT molecular complexity index is 831. The molecule has 0 bridgehead atoms. The highest BCUT2D eigenvalue weighted by atomic mass is 19.3. The van der Waals surface area contributed by atoms with Crippen molar-refractivity contribution in [3.05, 3.63) is 41.9 Å². The molecule has 1 saturated heterocycles. The molecule has 0 spiro atoms. The van der Waals surface area contributed by atoms with E-state index in [0.717, 1.165) is 6.42 Å². The normalized spacial score (nSPS) is 20.0. The second-order valence-electron chi connectivity index (χ2n) is 7.69. The molecule has 152 valence electrons. The van der Waals surface area contributed by atoms with Crippen molar-refractivity contribution in [3.8, 4) is 11.3 Å². The topological polar surface area (TPSA) is 38.2 Å². The molecule has 0 saturated carbocycles. The number of halogens is 4. The van der Waals surface area contributed by atoms with Gasteiger partial charge in [-0.3, -0.25) is 4.98 Å². The number of nitrogens with zero attached hydrogens (tertiary/aromatic N) is 3. The first-order valence-electron chi connectivity index (χ1n) is 9.11. The number of hydrogen-bond donors (Lipinski definition) is 0. The van der Waals surface area contributed by atoms with Crippen molar-refractivity contribution in [2.45, 2.75) is 45.6 Å². The van der Waals surface area contributed by atoms with Crippen molar-refractivity contribution in [2.24, 2.45) is 5.92 Å². The maximum absolute atomic E-state index is 13.7. The van der Waals surface area contributed by atoms with Crippen molar-refractivity contribution in [1.82, 2.24) is 9.97 Å². The number of alkyl halides is 4. The van der Waals surface area contributed by atoms with Gasteiger partial charge in [-0.25, -0.2) is 22.5 Å². The summed E-state index contributed by atoms with van der Waals surface area (Å²) in [5.41, 5.74) is -0.391. The van der Waals surface area contributed by atoms with Crippen LogP contribution in [0.3, 0.4) is 0 Å². The monoisotopic (exact) mass is 397 g/mol. The summed E-state index contributed by atoms with van der Waals surface area (Å²) in [4.78, 5) is 9.42. The lowest BCUT2D eigenvalue weighted by Crippen LogP contribution is -2.33. The van der Waals surface area contributed by atoms with Gasteiger partial charge in [-0.15, -0.1) is 0 Å². The standard InChI is InChI=1S/C20H23F4N3O/c1-12(2)9-20(3)10-27(11-28-20)16-5-4-14(26-17(16)19(23)24)13-6-7-25-15(8-13)18(21)22/h4-8,12,18-19H,9-11H2,1-3H3. The van der Waals surface area contributed by atoms with Gasteiger partial charge in [0.2, 0.25) is 0 Å². The van der Waals surface area contributed by atoms with E-state index in [9.17, 15) is 17.6 Å². The predicted molar refractivity (Wildman–Crippen MR) is 98.5 cm³/mol. The van der Waals surface area contributed by atoms with Gasteiger partial charge in [0.1, 0.15) is 18.1 Å². The van der Waals surface area contributed by atoms with Crippen LogP contribution in [0.5, 0.6) is 0 Å². The van der Waals surface area contributed by atoms with E-state index in [1.165, 1.54) is 18.3 Å². The molecule has 4 nitrogen and oxygen atoms in total. The Hall–Kier alpha value is -2.22. The summed E-state index contributed by atoms with van der Waals surface area (Å²) < 4.78 is 59.1. The number of aromatic nitrogens is 2. The summed E-state index contributed by atoms with van der Waals surface area (Å²) in [5.74, 6) is 0.413. The van der Waals surface area contributed by atoms with Gasteiger partial charge in [0.15, 0.2) is 0 Å². The van der Waals surface area contributed by atoms with Crippen molar-refractivity contribution in [3.63, 3.8) is 0 Å². The molecule has 2 aromatic heterocycles. The van der Waals surface area contributed by atoms with Crippen LogP contribution in [0.25, 0.3) is 11.3 Å². The van der Waals surface area contributed by atoms with Gasteiger partial charge < -0.3 is 9.64 Å². The first-order chi connectivity index (χ1) is 13.2. The second-order valence-corrected chi connectivity index (χ2v) is 7.69. The number of rotatable bonds is 6. The third-order valence-corrected chi connectivity index (χ3v) is 4.68. The van der Waals surface area contributed by atoms with E-state index in [-0.39, 0.29) is 18.1 Å². The quantitative estimate of drug-likeness (QED) is 0.593. The molecule has 28 heavy (non-hydrogen) atoms. The fraction of sp³-hybridized carbons (Fsp3) is 0.500. The van der Waals surface area contributed by atoms with Crippen molar-refractivity contribution in [2.75, 3.05) is 18.2 Å². The number of pyridine rings is 2. The molecule has 1 fully saturated rings. The van der Waals surface area contributed by atoms with Gasteiger partial charge in [0.25, 0.3) is 12.9 Å². The van der Waals surface area contributed by atoms with E-state index in [1.807, 2.05) is 6.92 Å². The fourth-order valence-electron chi connectivity index (χ4n) is 3.65. The average Bonchev–Trinajstić information content (AvgIpc) is 3.02. The maximum Gasteiger partial charge on any atom is 0.282 e. The minimum absolute atomic E-state index is 0.202. The minimum atomic E-state index is -2.80. The predicted octanol–water partition coefficient (Wildman–Crippen LogP) is 5.62. The highest BCUT2D eigenvalue weighted by molar-refractivity contribution is 5.64. The molecular weight excluding hydrogens is 374 g/mol. The first-order valence-corrected chi connectivity index (χ1v) is 9.11. The Kier molecular flexibility index (Phi) is 5.88. The Balaban J connectivity index is 1.92. The van der Waals surface area contributed by atoms with Gasteiger partial charge >= 0.3 is 0 Å². The van der Waals surface area contributed by atoms with Crippen molar-refractivity contribution < 1.29 is 22.3 Å². The minimum Gasteiger partial charge on any atom is -0.353 e. The fourth-order valence-corrected chi connectivity index (χ4v) is 3.65. The van der Waals surface area contributed by atoms with Crippen LogP contribution in [-0.4, -0.2) is 28.8 Å².